The van der Waals surface area contributed by atoms with Crippen molar-refractivity contribution < 1.29 is 4.74 Å². The van der Waals surface area contributed by atoms with E-state index in [1.54, 1.807) is 0 Å². The van der Waals surface area contributed by atoms with E-state index in [9.17, 15) is 0 Å². The average Bonchev–Trinajstić information content (AvgIpc) is 2.54. The first kappa shape index (κ1) is 10.3. The minimum atomic E-state index is 0.718. The van der Waals surface area contributed by atoms with Crippen LogP contribution in [-0.2, 0) is 17.7 Å². The van der Waals surface area contributed by atoms with Crippen molar-refractivity contribution in [1.82, 2.24) is 4.57 Å². The minimum absolute atomic E-state index is 0.718. The van der Waals surface area contributed by atoms with Gasteiger partial charge in [-0.2, -0.15) is 0 Å². The summed E-state index contributed by atoms with van der Waals surface area (Å²) in [4.78, 5) is 0. The molecule has 0 bridgehead atoms. The molecule has 0 saturated heterocycles. The van der Waals surface area contributed by atoms with Crippen molar-refractivity contribution in [3.8, 4) is 0 Å². The molecule has 1 aromatic heterocycles. The van der Waals surface area contributed by atoms with Crippen LogP contribution in [0.5, 0.6) is 0 Å². The van der Waals surface area contributed by atoms with E-state index >= 15 is 0 Å². The van der Waals surface area contributed by atoms with Crippen LogP contribution in [0.4, 0.5) is 0 Å². The summed E-state index contributed by atoms with van der Waals surface area (Å²) in [7, 11) is 0. The Hall–Kier alpha value is -0.800. The van der Waals surface area contributed by atoms with E-state index < -0.39 is 0 Å². The molecule has 0 amide bonds. The highest BCUT2D eigenvalue weighted by Gasteiger charge is 1.95. The number of nitrogens with zero attached hydrogens (tertiary/aromatic N) is 1. The standard InChI is InChI=1S/C10H18N2O/c1-2-13-8-7-12-6-4-10(9-12)3-5-11/h4,6,9H,2-3,5,7-8,11H2,1H3. The first-order valence-corrected chi connectivity index (χ1v) is 4.79. The summed E-state index contributed by atoms with van der Waals surface area (Å²) in [5, 5.41) is 0. The fourth-order valence-electron chi connectivity index (χ4n) is 1.26. The predicted octanol–water partition coefficient (Wildman–Crippen LogP) is 1.03. The normalized spacial score (nSPS) is 10.6. The highest BCUT2D eigenvalue weighted by atomic mass is 16.5. The molecule has 1 rings (SSSR count). The molecule has 1 aromatic rings. The van der Waals surface area contributed by atoms with Crippen molar-refractivity contribution in [2.45, 2.75) is 19.9 Å². The highest BCUT2D eigenvalue weighted by molar-refractivity contribution is 5.10. The number of nitrogens with two attached hydrogens (primary N) is 1. The summed E-state index contributed by atoms with van der Waals surface area (Å²) in [5.41, 5.74) is 6.76. The Bertz CT molecular complexity index is 233. The van der Waals surface area contributed by atoms with E-state index in [0.717, 1.165) is 32.7 Å². The fraction of sp³-hybridized carbons (Fsp3) is 0.600. The van der Waals surface area contributed by atoms with Gasteiger partial charge in [-0.3, -0.25) is 0 Å². The molecule has 0 aliphatic carbocycles. The van der Waals surface area contributed by atoms with E-state index in [-0.39, 0.29) is 0 Å². The lowest BCUT2D eigenvalue weighted by Gasteiger charge is -2.02. The van der Waals surface area contributed by atoms with Crippen LogP contribution < -0.4 is 5.73 Å². The SMILES string of the molecule is CCOCCn1ccc(CCN)c1. The molecule has 74 valence electrons. The van der Waals surface area contributed by atoms with Crippen molar-refractivity contribution >= 4 is 0 Å². The lowest BCUT2D eigenvalue weighted by molar-refractivity contribution is 0.139. The zero-order valence-corrected chi connectivity index (χ0v) is 8.20. The second kappa shape index (κ2) is 5.78. The Kier molecular flexibility index (Phi) is 4.57. The number of rotatable bonds is 6. The molecule has 13 heavy (non-hydrogen) atoms. The monoisotopic (exact) mass is 182 g/mol. The molecule has 3 heteroatoms. The summed E-state index contributed by atoms with van der Waals surface area (Å²) in [6, 6.07) is 2.11. The van der Waals surface area contributed by atoms with Gasteiger partial charge in [-0.15, -0.1) is 0 Å². The van der Waals surface area contributed by atoms with Crippen LogP contribution in [0.2, 0.25) is 0 Å². The summed E-state index contributed by atoms with van der Waals surface area (Å²) in [6.45, 7) is 5.23. The number of hydrogen-bond acceptors (Lipinski definition) is 2. The van der Waals surface area contributed by atoms with Crippen LogP contribution >= 0.6 is 0 Å². The summed E-state index contributed by atoms with van der Waals surface area (Å²) in [5.74, 6) is 0. The molecular formula is C10H18N2O. The second-order valence-electron chi connectivity index (χ2n) is 2.99. The van der Waals surface area contributed by atoms with Crippen LogP contribution in [0.1, 0.15) is 12.5 Å². The van der Waals surface area contributed by atoms with Gasteiger partial charge >= 0.3 is 0 Å². The van der Waals surface area contributed by atoms with Crippen LogP contribution in [0.3, 0.4) is 0 Å². The topological polar surface area (TPSA) is 40.2 Å². The molecular weight excluding hydrogens is 164 g/mol. The fourth-order valence-corrected chi connectivity index (χ4v) is 1.26. The molecule has 0 aliphatic rings. The first-order valence-electron chi connectivity index (χ1n) is 4.79. The molecule has 0 saturated carbocycles. The van der Waals surface area contributed by atoms with Crippen molar-refractivity contribution in [2.75, 3.05) is 19.8 Å². The third kappa shape index (κ3) is 3.61. The molecule has 2 N–H and O–H groups in total. The molecule has 0 unspecified atom stereocenters. The van der Waals surface area contributed by atoms with Gasteiger partial charge in [0, 0.05) is 25.5 Å². The molecule has 3 nitrogen and oxygen atoms in total. The van der Waals surface area contributed by atoms with E-state index in [2.05, 4.69) is 23.0 Å². The quantitative estimate of drug-likeness (QED) is 0.667. The first-order chi connectivity index (χ1) is 6.36. The Morgan fingerprint density at radius 3 is 3.08 bits per heavy atom. The molecule has 1 heterocycles. The smallest absolute Gasteiger partial charge is 0.0645 e. The van der Waals surface area contributed by atoms with Gasteiger partial charge in [-0.25, -0.2) is 0 Å². The Balaban J connectivity index is 2.31. The third-order valence-corrected chi connectivity index (χ3v) is 1.94. The number of hydrogen-bond donors (Lipinski definition) is 1. The Morgan fingerprint density at radius 2 is 2.38 bits per heavy atom. The molecule has 0 spiro atoms. The largest absolute Gasteiger partial charge is 0.380 e. The minimum Gasteiger partial charge on any atom is -0.380 e. The van der Waals surface area contributed by atoms with Crippen molar-refractivity contribution in [1.29, 1.82) is 0 Å². The van der Waals surface area contributed by atoms with Gasteiger partial charge in [0.1, 0.15) is 0 Å². The van der Waals surface area contributed by atoms with Gasteiger partial charge in [0.25, 0.3) is 0 Å². The van der Waals surface area contributed by atoms with Crippen LogP contribution in [0.15, 0.2) is 18.5 Å². The predicted molar refractivity (Wildman–Crippen MR) is 53.7 cm³/mol. The maximum Gasteiger partial charge on any atom is 0.0645 e. The second-order valence-corrected chi connectivity index (χ2v) is 2.99. The van der Waals surface area contributed by atoms with Crippen LogP contribution in [0.25, 0.3) is 0 Å². The molecule has 0 fully saturated rings. The lowest BCUT2D eigenvalue weighted by atomic mass is 10.2. The van der Waals surface area contributed by atoms with Gasteiger partial charge in [0.15, 0.2) is 0 Å². The average molecular weight is 182 g/mol. The number of ether oxygens (including phenoxy) is 1. The van der Waals surface area contributed by atoms with E-state index in [4.69, 9.17) is 10.5 Å². The van der Waals surface area contributed by atoms with Crippen LogP contribution in [-0.4, -0.2) is 24.3 Å². The zero-order chi connectivity index (χ0) is 9.52. The molecule has 0 aliphatic heterocycles. The summed E-state index contributed by atoms with van der Waals surface area (Å²) in [6.07, 6.45) is 5.16. The Morgan fingerprint density at radius 1 is 1.54 bits per heavy atom. The maximum absolute atomic E-state index is 5.46. The van der Waals surface area contributed by atoms with Crippen LogP contribution in [0, 0.1) is 0 Å². The molecule has 0 atom stereocenters. The Labute approximate surface area is 79.5 Å². The molecule has 0 aromatic carbocycles. The van der Waals surface area contributed by atoms with Gasteiger partial charge in [-0.05, 0) is 31.5 Å². The summed E-state index contributed by atoms with van der Waals surface area (Å²) < 4.78 is 7.40. The zero-order valence-electron chi connectivity index (χ0n) is 8.20. The maximum atomic E-state index is 5.46. The van der Waals surface area contributed by atoms with Gasteiger partial charge in [-0.1, -0.05) is 0 Å². The van der Waals surface area contributed by atoms with Crippen molar-refractivity contribution in [3.05, 3.63) is 24.0 Å². The van der Waals surface area contributed by atoms with Gasteiger partial charge in [0.05, 0.1) is 6.61 Å². The highest BCUT2D eigenvalue weighted by Crippen LogP contribution is 2.01. The van der Waals surface area contributed by atoms with Gasteiger partial charge < -0.3 is 15.0 Å². The summed E-state index contributed by atoms with van der Waals surface area (Å²) >= 11 is 0. The van der Waals surface area contributed by atoms with Crippen molar-refractivity contribution in [2.24, 2.45) is 5.73 Å². The van der Waals surface area contributed by atoms with Gasteiger partial charge in [0.2, 0.25) is 0 Å². The van der Waals surface area contributed by atoms with E-state index in [1.807, 2.05) is 6.92 Å². The lowest BCUT2D eigenvalue weighted by Crippen LogP contribution is -2.04. The number of aromatic nitrogens is 1. The van der Waals surface area contributed by atoms with E-state index in [1.165, 1.54) is 5.56 Å². The van der Waals surface area contributed by atoms with E-state index in [0.29, 0.717) is 0 Å². The molecule has 0 radical (unpaired) electrons. The third-order valence-electron chi connectivity index (χ3n) is 1.94. The van der Waals surface area contributed by atoms with Crippen molar-refractivity contribution in [3.63, 3.8) is 0 Å².